The summed E-state index contributed by atoms with van der Waals surface area (Å²) < 4.78 is 6.58. The molecule has 1 saturated heterocycles. The van der Waals surface area contributed by atoms with Gasteiger partial charge in [0, 0.05) is 18.0 Å². The lowest BCUT2D eigenvalue weighted by Gasteiger charge is -2.37. The fourth-order valence-corrected chi connectivity index (χ4v) is 6.74. The van der Waals surface area contributed by atoms with Gasteiger partial charge in [-0.3, -0.25) is 4.90 Å². The first kappa shape index (κ1) is 21.5. The van der Waals surface area contributed by atoms with E-state index >= 15 is 0 Å². The topological polar surface area (TPSA) is 41.0 Å². The molecular formula is C27H26N4OS2. The Morgan fingerprint density at radius 2 is 1.71 bits per heavy atom. The molecule has 0 aliphatic carbocycles. The van der Waals surface area contributed by atoms with Gasteiger partial charge in [-0.2, -0.15) is 4.99 Å². The molecule has 172 valence electrons. The molecule has 5 nitrogen and oxygen atoms in total. The molecule has 0 N–H and O–H groups in total. The van der Waals surface area contributed by atoms with Crippen molar-refractivity contribution in [3.63, 3.8) is 0 Å². The molecule has 0 saturated carbocycles. The van der Waals surface area contributed by atoms with Crippen LogP contribution in [-0.2, 0) is 0 Å². The molecule has 1 atom stereocenters. The number of anilines is 1. The van der Waals surface area contributed by atoms with Crippen LogP contribution in [0.25, 0.3) is 10.2 Å². The van der Waals surface area contributed by atoms with Crippen LogP contribution in [0.5, 0.6) is 5.75 Å². The van der Waals surface area contributed by atoms with Gasteiger partial charge in [0.05, 0.1) is 23.0 Å². The molecule has 7 heteroatoms. The number of thiazole rings is 1. The number of guanidine groups is 1. The monoisotopic (exact) mass is 486 g/mol. The van der Waals surface area contributed by atoms with E-state index in [2.05, 4.69) is 64.4 Å². The molecule has 3 aromatic carbocycles. The highest BCUT2D eigenvalue weighted by atomic mass is 32.2. The fraction of sp³-hybridized carbons (Fsp3) is 0.259. The maximum atomic E-state index is 5.41. The van der Waals surface area contributed by atoms with Gasteiger partial charge in [-0.05, 0) is 61.2 Å². The van der Waals surface area contributed by atoms with E-state index in [-0.39, 0.29) is 5.37 Å². The van der Waals surface area contributed by atoms with E-state index in [9.17, 15) is 0 Å². The largest absolute Gasteiger partial charge is 0.497 e. The van der Waals surface area contributed by atoms with Gasteiger partial charge in [-0.15, -0.1) is 0 Å². The molecule has 0 bridgehead atoms. The van der Waals surface area contributed by atoms with Gasteiger partial charge in [-0.1, -0.05) is 59.5 Å². The summed E-state index contributed by atoms with van der Waals surface area (Å²) in [5.74, 6) is 1.87. The van der Waals surface area contributed by atoms with Crippen molar-refractivity contribution in [2.45, 2.75) is 29.5 Å². The Hall–Kier alpha value is -3.03. The van der Waals surface area contributed by atoms with Crippen LogP contribution in [0, 0.1) is 0 Å². The number of aliphatic imine (C=N–C) groups is 1. The van der Waals surface area contributed by atoms with E-state index in [0.717, 1.165) is 35.4 Å². The normalized spacial score (nSPS) is 18.4. The van der Waals surface area contributed by atoms with Gasteiger partial charge in [0.15, 0.2) is 0 Å². The third-order valence-corrected chi connectivity index (χ3v) is 8.57. The number of methoxy groups -OCH3 is 1. The third-order valence-electron chi connectivity index (χ3n) is 6.33. The summed E-state index contributed by atoms with van der Waals surface area (Å²) >= 11 is 3.54. The van der Waals surface area contributed by atoms with Crippen molar-refractivity contribution >= 4 is 50.1 Å². The maximum absolute atomic E-state index is 5.41. The van der Waals surface area contributed by atoms with E-state index in [1.165, 1.54) is 40.1 Å². The summed E-state index contributed by atoms with van der Waals surface area (Å²) in [7, 11) is 1.71. The van der Waals surface area contributed by atoms with Crippen LogP contribution in [0.15, 0.2) is 82.7 Å². The van der Waals surface area contributed by atoms with Gasteiger partial charge in [0.1, 0.15) is 11.1 Å². The van der Waals surface area contributed by atoms with E-state index < -0.39 is 0 Å². The van der Waals surface area contributed by atoms with Crippen molar-refractivity contribution < 1.29 is 4.74 Å². The minimum atomic E-state index is 0.0957. The van der Waals surface area contributed by atoms with Crippen molar-refractivity contribution in [3.8, 4) is 5.75 Å². The standard InChI is InChI=1S/C27H26N4OS2/c1-32-20-15-13-19(14-16-20)25-31(22-10-4-6-12-24(22)33-25)27(30-17-7-2-8-18-30)29-26-28-21-9-3-5-11-23(21)34-26/h3-6,9-16,25H,2,7-8,17-18H2,1H3/b29-27-. The molecule has 1 fully saturated rings. The van der Waals surface area contributed by atoms with Crippen molar-refractivity contribution in [1.29, 1.82) is 0 Å². The number of hydrogen-bond donors (Lipinski definition) is 0. The number of ether oxygens (including phenoxy) is 1. The Labute approximate surface area is 208 Å². The number of rotatable bonds is 3. The van der Waals surface area contributed by atoms with Crippen LogP contribution in [0.3, 0.4) is 0 Å². The minimum Gasteiger partial charge on any atom is -0.497 e. The zero-order valence-electron chi connectivity index (χ0n) is 19.1. The quantitative estimate of drug-likeness (QED) is 0.228. The van der Waals surface area contributed by atoms with Gasteiger partial charge >= 0.3 is 0 Å². The van der Waals surface area contributed by atoms with Crippen LogP contribution in [-0.4, -0.2) is 36.0 Å². The van der Waals surface area contributed by atoms with E-state index in [4.69, 9.17) is 14.7 Å². The Morgan fingerprint density at radius 1 is 0.941 bits per heavy atom. The summed E-state index contributed by atoms with van der Waals surface area (Å²) in [6.45, 7) is 2.03. The highest BCUT2D eigenvalue weighted by Gasteiger charge is 2.37. The molecule has 0 radical (unpaired) electrons. The average Bonchev–Trinajstić information content (AvgIpc) is 3.49. The predicted octanol–water partition coefficient (Wildman–Crippen LogP) is 7.09. The second-order valence-corrected chi connectivity index (χ2v) is 10.6. The zero-order valence-corrected chi connectivity index (χ0v) is 20.7. The highest BCUT2D eigenvalue weighted by molar-refractivity contribution is 8.00. The predicted molar refractivity (Wildman–Crippen MR) is 143 cm³/mol. The lowest BCUT2D eigenvalue weighted by Crippen LogP contribution is -2.46. The Morgan fingerprint density at radius 3 is 2.50 bits per heavy atom. The van der Waals surface area contributed by atoms with Crippen LogP contribution in [0.1, 0.15) is 30.2 Å². The lowest BCUT2D eigenvalue weighted by molar-refractivity contribution is 0.336. The van der Waals surface area contributed by atoms with Crippen LogP contribution in [0.2, 0.25) is 0 Å². The number of thioether (sulfide) groups is 1. The molecule has 1 unspecified atom stereocenters. The number of fused-ring (bicyclic) bond motifs is 2. The highest BCUT2D eigenvalue weighted by Crippen LogP contribution is 2.52. The van der Waals surface area contributed by atoms with E-state index in [0.29, 0.717) is 0 Å². The second-order valence-electron chi connectivity index (χ2n) is 8.50. The van der Waals surface area contributed by atoms with Crippen LogP contribution >= 0.6 is 23.1 Å². The van der Waals surface area contributed by atoms with Gasteiger partial charge < -0.3 is 9.64 Å². The third kappa shape index (κ3) is 4.03. The summed E-state index contributed by atoms with van der Waals surface area (Å²) in [5, 5.41) is 0.906. The number of aromatic nitrogens is 1. The van der Waals surface area contributed by atoms with Crippen molar-refractivity contribution in [3.05, 3.63) is 78.4 Å². The first-order valence-electron chi connectivity index (χ1n) is 11.7. The lowest BCUT2D eigenvalue weighted by atomic mass is 10.1. The summed E-state index contributed by atoms with van der Waals surface area (Å²) in [4.78, 5) is 16.2. The second kappa shape index (κ2) is 9.31. The molecule has 2 aliphatic rings. The molecule has 1 aromatic heterocycles. The number of para-hydroxylation sites is 2. The number of likely N-dealkylation sites (tertiary alicyclic amines) is 1. The number of benzene rings is 3. The van der Waals surface area contributed by atoms with Crippen molar-refractivity contribution in [2.24, 2.45) is 4.99 Å². The minimum absolute atomic E-state index is 0.0957. The van der Waals surface area contributed by atoms with Crippen molar-refractivity contribution in [2.75, 3.05) is 25.1 Å². The molecule has 4 aromatic rings. The number of hydrogen-bond acceptors (Lipinski definition) is 5. The van der Waals surface area contributed by atoms with Crippen LogP contribution in [0.4, 0.5) is 10.8 Å². The van der Waals surface area contributed by atoms with Gasteiger partial charge in [-0.25, -0.2) is 4.98 Å². The Bertz CT molecular complexity index is 1290. The molecule has 0 amide bonds. The van der Waals surface area contributed by atoms with E-state index in [1.807, 2.05) is 30.0 Å². The summed E-state index contributed by atoms with van der Waals surface area (Å²) in [6.07, 6.45) is 3.65. The SMILES string of the molecule is COc1ccc(C2Sc3ccccc3N2/C(=N\c2nc3ccccc3s2)N2CCCCC2)cc1. The first-order valence-corrected chi connectivity index (χ1v) is 13.4. The van der Waals surface area contributed by atoms with Gasteiger partial charge in [0.25, 0.3) is 0 Å². The molecule has 6 rings (SSSR count). The van der Waals surface area contributed by atoms with Crippen LogP contribution < -0.4 is 9.64 Å². The zero-order chi connectivity index (χ0) is 22.9. The number of nitrogens with zero attached hydrogens (tertiary/aromatic N) is 4. The summed E-state index contributed by atoms with van der Waals surface area (Å²) in [5.41, 5.74) is 3.45. The van der Waals surface area contributed by atoms with Gasteiger partial charge in [0.2, 0.25) is 11.1 Å². The maximum Gasteiger partial charge on any atom is 0.213 e. The average molecular weight is 487 g/mol. The first-order chi connectivity index (χ1) is 16.8. The molecule has 34 heavy (non-hydrogen) atoms. The Kier molecular flexibility index (Phi) is 5.89. The number of piperidine rings is 1. The van der Waals surface area contributed by atoms with E-state index in [1.54, 1.807) is 18.4 Å². The molecular weight excluding hydrogens is 460 g/mol. The smallest absolute Gasteiger partial charge is 0.213 e. The Balaban J connectivity index is 1.48. The van der Waals surface area contributed by atoms with Crippen molar-refractivity contribution in [1.82, 2.24) is 9.88 Å². The molecule has 2 aliphatic heterocycles. The fourth-order valence-electron chi connectivity index (χ4n) is 4.62. The molecule has 0 spiro atoms. The molecule has 3 heterocycles. The summed E-state index contributed by atoms with van der Waals surface area (Å²) in [6, 6.07) is 25.4.